The summed E-state index contributed by atoms with van der Waals surface area (Å²) in [5, 5.41) is 0.842. The van der Waals surface area contributed by atoms with Crippen molar-refractivity contribution in [2.75, 3.05) is 13.3 Å². The third-order valence-electron chi connectivity index (χ3n) is 4.19. The van der Waals surface area contributed by atoms with Crippen LogP contribution in [-0.4, -0.2) is 36.8 Å². The van der Waals surface area contributed by atoms with E-state index in [0.29, 0.717) is 6.41 Å². The molecular formula is C20H23ClNO7P. The minimum Gasteiger partial charge on any atom is -0.459 e. The van der Waals surface area contributed by atoms with Crippen molar-refractivity contribution in [2.45, 2.75) is 25.7 Å². The van der Waals surface area contributed by atoms with E-state index in [1.807, 2.05) is 48.5 Å². The number of carbonyl (C=O) groups is 2. The van der Waals surface area contributed by atoms with Crippen LogP contribution in [0.2, 0.25) is 0 Å². The zero-order valence-corrected chi connectivity index (χ0v) is 18.0. The first-order valence-electron chi connectivity index (χ1n) is 9.07. The fraction of sp³-hybridized carbons (Fsp3) is 0.300. The summed E-state index contributed by atoms with van der Waals surface area (Å²) >= 11 is 5.25. The largest absolute Gasteiger partial charge is 0.459 e. The van der Waals surface area contributed by atoms with Crippen molar-refractivity contribution in [3.8, 4) is 0 Å². The molecule has 162 valence electrons. The molecule has 2 aromatic rings. The quantitative estimate of drug-likeness (QED) is 0.194. The highest BCUT2D eigenvalue weighted by Gasteiger charge is 2.33. The Balaban J connectivity index is 2.09. The lowest BCUT2D eigenvalue weighted by atomic mass is 10.2. The van der Waals surface area contributed by atoms with Gasteiger partial charge >= 0.3 is 13.6 Å². The second-order valence-corrected chi connectivity index (χ2v) is 8.79. The van der Waals surface area contributed by atoms with Crippen molar-refractivity contribution in [3.05, 3.63) is 71.8 Å². The van der Waals surface area contributed by atoms with E-state index >= 15 is 0 Å². The van der Waals surface area contributed by atoms with Crippen LogP contribution in [-0.2, 0) is 45.5 Å². The van der Waals surface area contributed by atoms with E-state index in [1.54, 1.807) is 12.1 Å². The fourth-order valence-electron chi connectivity index (χ4n) is 2.53. The first-order valence-corrected chi connectivity index (χ1v) is 11.1. The molecule has 2 rings (SSSR count). The number of hydrogen-bond donors (Lipinski definition) is 0. The van der Waals surface area contributed by atoms with Crippen molar-refractivity contribution in [1.29, 1.82) is 0 Å². The molecule has 1 amide bonds. The second kappa shape index (κ2) is 12.5. The zero-order valence-electron chi connectivity index (χ0n) is 16.4. The minimum absolute atomic E-state index is 0.00943. The van der Waals surface area contributed by atoms with Crippen molar-refractivity contribution < 1.29 is 32.3 Å². The molecule has 0 N–H and O–H groups in total. The van der Waals surface area contributed by atoms with Gasteiger partial charge in [0.05, 0.1) is 18.0 Å². The standard InChI is InChI=1S/C20H23ClNO7P/c1-26-30(25,29-21)13-12-19(20(24)27-14-17-8-4-2-5-9-17)22(16-23)28-15-18-10-6-3-7-11-18/h2-11,16,19H,12-15H2,1H3. The zero-order chi connectivity index (χ0) is 21.8. The molecule has 0 heterocycles. The molecule has 2 atom stereocenters. The Bertz CT molecular complexity index is 830. The molecule has 30 heavy (non-hydrogen) atoms. The van der Waals surface area contributed by atoms with Crippen LogP contribution in [0.5, 0.6) is 0 Å². The van der Waals surface area contributed by atoms with Crippen molar-refractivity contribution in [2.24, 2.45) is 0 Å². The van der Waals surface area contributed by atoms with Crippen molar-refractivity contribution in [1.82, 2.24) is 5.06 Å². The topological polar surface area (TPSA) is 91.4 Å². The number of halogens is 1. The van der Waals surface area contributed by atoms with Crippen LogP contribution in [0.3, 0.4) is 0 Å². The maximum Gasteiger partial charge on any atom is 0.346 e. The van der Waals surface area contributed by atoms with Crippen LogP contribution in [0.1, 0.15) is 17.5 Å². The van der Waals surface area contributed by atoms with Crippen LogP contribution >= 0.6 is 19.5 Å². The van der Waals surface area contributed by atoms with E-state index in [4.69, 9.17) is 26.0 Å². The van der Waals surface area contributed by atoms with Gasteiger partial charge in [-0.2, -0.15) is 4.08 Å². The van der Waals surface area contributed by atoms with Crippen LogP contribution in [0.15, 0.2) is 60.7 Å². The first-order chi connectivity index (χ1) is 14.5. The van der Waals surface area contributed by atoms with Crippen LogP contribution < -0.4 is 0 Å². The molecule has 0 aliphatic heterocycles. The number of nitrogens with zero attached hydrogens (tertiary/aromatic N) is 1. The highest BCUT2D eigenvalue weighted by atomic mass is 35.5. The smallest absolute Gasteiger partial charge is 0.346 e. The van der Waals surface area contributed by atoms with Crippen LogP contribution in [0.25, 0.3) is 0 Å². The molecule has 0 spiro atoms. The van der Waals surface area contributed by atoms with Gasteiger partial charge in [0.15, 0.2) is 6.04 Å². The molecule has 0 saturated heterocycles. The predicted octanol–water partition coefficient (Wildman–Crippen LogP) is 4.09. The number of hydroxylamine groups is 2. The average Bonchev–Trinajstić information content (AvgIpc) is 2.80. The molecule has 0 bridgehead atoms. The Morgan fingerprint density at radius 3 is 2.13 bits per heavy atom. The van der Waals surface area contributed by atoms with E-state index in [9.17, 15) is 14.2 Å². The number of carbonyl (C=O) groups excluding carboxylic acids is 2. The Labute approximate surface area is 180 Å². The lowest BCUT2D eigenvalue weighted by Gasteiger charge is -2.26. The molecule has 0 aliphatic rings. The van der Waals surface area contributed by atoms with Gasteiger partial charge in [-0.25, -0.2) is 9.86 Å². The second-order valence-electron chi connectivity index (χ2n) is 6.21. The summed E-state index contributed by atoms with van der Waals surface area (Å²) < 4.78 is 26.8. The minimum atomic E-state index is -3.62. The van der Waals surface area contributed by atoms with Gasteiger partial charge < -0.3 is 9.26 Å². The average molecular weight is 456 g/mol. The van der Waals surface area contributed by atoms with Crippen molar-refractivity contribution in [3.63, 3.8) is 0 Å². The summed E-state index contributed by atoms with van der Waals surface area (Å²) in [6.45, 7) is 0.0610. The summed E-state index contributed by atoms with van der Waals surface area (Å²) in [4.78, 5) is 29.9. The third-order valence-corrected chi connectivity index (χ3v) is 6.39. The van der Waals surface area contributed by atoms with E-state index in [1.165, 1.54) is 7.11 Å². The molecule has 0 radical (unpaired) electrons. The molecule has 0 aromatic heterocycles. The Kier molecular flexibility index (Phi) is 10.00. The molecule has 0 fully saturated rings. The molecule has 2 aromatic carbocycles. The highest BCUT2D eigenvalue weighted by molar-refractivity contribution is 7.54. The molecule has 10 heteroatoms. The fourth-order valence-corrected chi connectivity index (χ4v) is 3.77. The van der Waals surface area contributed by atoms with E-state index in [2.05, 4.69) is 4.08 Å². The van der Waals surface area contributed by atoms with Gasteiger partial charge in [-0.1, -0.05) is 60.7 Å². The lowest BCUT2D eigenvalue weighted by Crippen LogP contribution is -2.42. The van der Waals surface area contributed by atoms with Gasteiger partial charge in [0.1, 0.15) is 13.2 Å². The van der Waals surface area contributed by atoms with Gasteiger partial charge in [0, 0.05) is 7.11 Å². The summed E-state index contributed by atoms with van der Waals surface area (Å²) in [6.07, 6.45) is 0.0345. The number of amides is 1. The monoisotopic (exact) mass is 455 g/mol. The summed E-state index contributed by atoms with van der Waals surface area (Å²) in [5.41, 5.74) is 1.58. The molecule has 8 nitrogen and oxygen atoms in total. The summed E-state index contributed by atoms with van der Waals surface area (Å²) in [6, 6.07) is 17.0. The van der Waals surface area contributed by atoms with Crippen LogP contribution in [0.4, 0.5) is 0 Å². The van der Waals surface area contributed by atoms with E-state index < -0.39 is 19.6 Å². The lowest BCUT2D eigenvalue weighted by molar-refractivity contribution is -0.203. The molecule has 0 saturated carbocycles. The number of hydrogen-bond acceptors (Lipinski definition) is 7. The first kappa shape index (κ1) is 24.1. The van der Waals surface area contributed by atoms with E-state index in [-0.39, 0.29) is 25.8 Å². The van der Waals surface area contributed by atoms with Gasteiger partial charge in [0.2, 0.25) is 6.41 Å². The molecule has 2 unspecified atom stereocenters. The summed E-state index contributed by atoms with van der Waals surface area (Å²) in [5.74, 6) is -0.726. The Hall–Kier alpha value is -2.22. The van der Waals surface area contributed by atoms with Gasteiger partial charge in [0.25, 0.3) is 0 Å². The van der Waals surface area contributed by atoms with Gasteiger partial charge in [-0.15, -0.1) is 0 Å². The number of benzene rings is 2. The summed E-state index contributed by atoms with van der Waals surface area (Å²) in [7, 11) is -2.44. The van der Waals surface area contributed by atoms with Gasteiger partial charge in [-0.3, -0.25) is 14.2 Å². The van der Waals surface area contributed by atoms with Crippen molar-refractivity contribution >= 4 is 31.8 Å². The van der Waals surface area contributed by atoms with Crippen LogP contribution in [0, 0.1) is 0 Å². The third kappa shape index (κ3) is 7.55. The Morgan fingerprint density at radius 1 is 1.07 bits per heavy atom. The highest BCUT2D eigenvalue weighted by Crippen LogP contribution is 2.49. The number of esters is 1. The maximum absolute atomic E-state index is 12.7. The maximum atomic E-state index is 12.7. The Morgan fingerprint density at radius 2 is 1.63 bits per heavy atom. The van der Waals surface area contributed by atoms with E-state index in [0.717, 1.165) is 16.2 Å². The van der Waals surface area contributed by atoms with Gasteiger partial charge in [-0.05, 0) is 17.5 Å². The molecular weight excluding hydrogens is 433 g/mol. The number of ether oxygens (including phenoxy) is 1. The molecule has 0 aliphatic carbocycles. The predicted molar refractivity (Wildman–Crippen MR) is 110 cm³/mol. The normalized spacial score (nSPS) is 13.8. The number of rotatable bonds is 13. The SMILES string of the molecule is COP(=O)(CCC(C(=O)OCc1ccccc1)N(C=O)OCc1ccccc1)OCl.